The maximum Gasteiger partial charge on any atom is 0.223 e. The van der Waals surface area contributed by atoms with Crippen LogP contribution in [0.25, 0.3) is 16.9 Å². The molecule has 0 amide bonds. The molecule has 0 aliphatic carbocycles. The van der Waals surface area contributed by atoms with Crippen molar-refractivity contribution in [1.82, 2.24) is 14.8 Å². The lowest BCUT2D eigenvalue weighted by molar-refractivity contribution is 0.101. The molecule has 0 saturated carbocycles. The Morgan fingerprint density at radius 2 is 1.91 bits per heavy atom. The molecule has 112 valence electrons. The van der Waals surface area contributed by atoms with Gasteiger partial charge in [-0.3, -0.25) is 4.79 Å². The minimum absolute atomic E-state index is 0.0576. The Labute approximate surface area is 132 Å². The molecule has 3 rings (SSSR count). The van der Waals surface area contributed by atoms with Gasteiger partial charge in [-0.2, -0.15) is 15.0 Å². The van der Waals surface area contributed by atoms with E-state index in [0.29, 0.717) is 22.5 Å². The van der Waals surface area contributed by atoms with Crippen molar-refractivity contribution in [3.63, 3.8) is 0 Å². The Bertz CT molecular complexity index is 903. The van der Waals surface area contributed by atoms with E-state index in [0.717, 1.165) is 5.56 Å². The van der Waals surface area contributed by atoms with Crippen molar-refractivity contribution < 1.29 is 9.90 Å². The van der Waals surface area contributed by atoms with Crippen LogP contribution in [0.2, 0.25) is 0 Å². The van der Waals surface area contributed by atoms with Crippen LogP contribution in [-0.2, 0) is 0 Å². The van der Waals surface area contributed by atoms with Crippen molar-refractivity contribution in [3.05, 3.63) is 59.9 Å². The van der Waals surface area contributed by atoms with Crippen LogP contribution >= 0.6 is 0 Å². The Kier molecular flexibility index (Phi) is 3.61. The molecule has 23 heavy (non-hydrogen) atoms. The Morgan fingerprint density at radius 1 is 1.17 bits per heavy atom. The van der Waals surface area contributed by atoms with Gasteiger partial charge in [0, 0.05) is 11.8 Å². The molecule has 0 unspecified atom stereocenters. The fourth-order valence-electron chi connectivity index (χ4n) is 2.16. The number of nitrogens with zero attached hydrogens (tertiary/aromatic N) is 4. The van der Waals surface area contributed by atoms with E-state index in [1.54, 1.807) is 36.4 Å². The van der Waals surface area contributed by atoms with Crippen LogP contribution in [0.3, 0.4) is 0 Å². The molecule has 2 aromatic heterocycles. The maximum atomic E-state index is 11.3. The minimum Gasteiger partial charge on any atom is -0.493 e. The highest BCUT2D eigenvalue weighted by Crippen LogP contribution is 2.30. The molecular weight excluding hydrogens is 292 g/mol. The number of benzene rings is 1. The summed E-state index contributed by atoms with van der Waals surface area (Å²) in [6.45, 7) is 1.46. The van der Waals surface area contributed by atoms with Crippen molar-refractivity contribution in [2.45, 2.75) is 6.92 Å². The number of hydrogen-bond acceptors (Lipinski definition) is 5. The smallest absolute Gasteiger partial charge is 0.223 e. The summed E-state index contributed by atoms with van der Waals surface area (Å²) in [5.41, 5.74) is 2.31. The highest BCUT2D eigenvalue weighted by atomic mass is 16.3. The molecule has 1 N–H and O–H groups in total. The van der Waals surface area contributed by atoms with Crippen LogP contribution in [0.15, 0.2) is 48.8 Å². The van der Waals surface area contributed by atoms with Crippen molar-refractivity contribution in [2.75, 3.05) is 0 Å². The summed E-state index contributed by atoms with van der Waals surface area (Å²) < 4.78 is 1.29. The van der Waals surface area contributed by atoms with Gasteiger partial charge in [0.25, 0.3) is 0 Å². The number of ketones is 1. The molecule has 0 aliphatic heterocycles. The number of aromatic nitrogens is 3. The number of Topliss-reactive ketones (excluding diaryl/α,β-unsaturated/α-hetero) is 1. The summed E-state index contributed by atoms with van der Waals surface area (Å²) in [7, 11) is 0. The largest absolute Gasteiger partial charge is 0.493 e. The number of rotatable bonds is 3. The molecule has 0 atom stereocenters. The lowest BCUT2D eigenvalue weighted by Crippen LogP contribution is -2.01. The van der Waals surface area contributed by atoms with Gasteiger partial charge in [0.2, 0.25) is 5.88 Å². The van der Waals surface area contributed by atoms with Gasteiger partial charge in [-0.15, -0.1) is 0 Å². The molecule has 0 aliphatic rings. The van der Waals surface area contributed by atoms with Crippen LogP contribution in [0, 0.1) is 11.3 Å². The van der Waals surface area contributed by atoms with Gasteiger partial charge >= 0.3 is 0 Å². The van der Waals surface area contributed by atoms with Gasteiger partial charge in [-0.25, -0.2) is 4.98 Å². The molecule has 0 fully saturated rings. The lowest BCUT2D eigenvalue weighted by atomic mass is 10.1. The Balaban J connectivity index is 1.98. The maximum absolute atomic E-state index is 11.3. The first-order valence-corrected chi connectivity index (χ1v) is 6.85. The van der Waals surface area contributed by atoms with Crippen LogP contribution in [-0.4, -0.2) is 25.7 Å². The Hall–Kier alpha value is -3.46. The Morgan fingerprint density at radius 3 is 2.48 bits per heavy atom. The normalized spacial score (nSPS) is 10.3. The molecule has 1 aromatic carbocycles. The molecule has 6 heteroatoms. The van der Waals surface area contributed by atoms with E-state index in [2.05, 4.69) is 10.1 Å². The van der Waals surface area contributed by atoms with E-state index in [-0.39, 0.29) is 11.7 Å². The quantitative estimate of drug-likeness (QED) is 0.751. The second-order valence-electron chi connectivity index (χ2n) is 4.94. The van der Waals surface area contributed by atoms with Crippen LogP contribution < -0.4 is 0 Å². The van der Waals surface area contributed by atoms with Crippen LogP contribution in [0.5, 0.6) is 5.88 Å². The molecule has 0 saturated heterocycles. The highest BCUT2D eigenvalue weighted by Gasteiger charge is 2.14. The molecule has 3 aromatic rings. The molecule has 0 bridgehead atoms. The summed E-state index contributed by atoms with van der Waals surface area (Å²) >= 11 is 0. The highest BCUT2D eigenvalue weighted by molar-refractivity contribution is 5.93. The van der Waals surface area contributed by atoms with Gasteiger partial charge < -0.3 is 5.11 Å². The van der Waals surface area contributed by atoms with Crippen LogP contribution in [0.4, 0.5) is 0 Å². The van der Waals surface area contributed by atoms with Crippen molar-refractivity contribution in [1.29, 1.82) is 5.26 Å². The van der Waals surface area contributed by atoms with Gasteiger partial charge in [0.05, 0.1) is 23.4 Å². The van der Waals surface area contributed by atoms with Crippen LogP contribution in [0.1, 0.15) is 22.8 Å². The first kappa shape index (κ1) is 14.5. The summed E-state index contributed by atoms with van der Waals surface area (Å²) in [4.78, 5) is 15.4. The van der Waals surface area contributed by atoms with E-state index in [9.17, 15) is 9.90 Å². The van der Waals surface area contributed by atoms with E-state index >= 15 is 0 Å². The monoisotopic (exact) mass is 304 g/mol. The van der Waals surface area contributed by atoms with E-state index in [4.69, 9.17) is 5.26 Å². The predicted octanol–water partition coefficient (Wildman–Crippen LogP) is 2.71. The summed E-state index contributed by atoms with van der Waals surface area (Å²) in [6.07, 6.45) is 2.97. The third-order valence-corrected chi connectivity index (χ3v) is 3.44. The standard InChI is InChI=1S/C17H12N4O2/c1-11(22)14-6-7-16(19-9-14)21-17(23)15(10-20-21)13-4-2-12(8-18)3-5-13/h2-7,9-10,23H,1H3. The molecule has 0 radical (unpaired) electrons. The second-order valence-corrected chi connectivity index (χ2v) is 4.94. The number of aromatic hydroxyl groups is 1. The second kappa shape index (κ2) is 5.73. The fourth-order valence-corrected chi connectivity index (χ4v) is 2.16. The third-order valence-electron chi connectivity index (χ3n) is 3.44. The number of pyridine rings is 1. The molecule has 0 spiro atoms. The third kappa shape index (κ3) is 2.68. The zero-order valence-corrected chi connectivity index (χ0v) is 12.3. The topological polar surface area (TPSA) is 91.8 Å². The summed E-state index contributed by atoms with van der Waals surface area (Å²) in [6, 6.07) is 12.1. The summed E-state index contributed by atoms with van der Waals surface area (Å²) in [5, 5.41) is 23.3. The predicted molar refractivity (Wildman–Crippen MR) is 83.2 cm³/mol. The molecule has 2 heterocycles. The van der Waals surface area contributed by atoms with E-state index in [1.165, 1.54) is 24.0 Å². The van der Waals surface area contributed by atoms with Gasteiger partial charge in [-0.1, -0.05) is 12.1 Å². The molecular formula is C17H12N4O2. The first-order chi connectivity index (χ1) is 11.1. The number of nitriles is 1. The van der Waals surface area contributed by atoms with Gasteiger partial charge in [0.1, 0.15) is 0 Å². The van der Waals surface area contributed by atoms with E-state index < -0.39 is 0 Å². The lowest BCUT2D eigenvalue weighted by Gasteiger charge is -2.04. The average molecular weight is 304 g/mol. The van der Waals surface area contributed by atoms with Crippen molar-refractivity contribution >= 4 is 5.78 Å². The molecule has 6 nitrogen and oxygen atoms in total. The minimum atomic E-state index is -0.0768. The van der Waals surface area contributed by atoms with Gasteiger partial charge in [-0.05, 0) is 36.8 Å². The average Bonchev–Trinajstić information content (AvgIpc) is 2.96. The fraction of sp³-hybridized carbons (Fsp3) is 0.0588. The zero-order chi connectivity index (χ0) is 16.4. The SMILES string of the molecule is CC(=O)c1ccc(-n2ncc(-c3ccc(C#N)cc3)c2O)nc1. The van der Waals surface area contributed by atoms with Crippen molar-refractivity contribution in [3.8, 4) is 28.9 Å². The number of carbonyl (C=O) groups is 1. The number of hydrogen-bond donors (Lipinski definition) is 1. The zero-order valence-electron chi connectivity index (χ0n) is 12.3. The summed E-state index contributed by atoms with van der Waals surface area (Å²) in [5.74, 6) is 0.275. The number of carbonyl (C=O) groups excluding carboxylic acids is 1. The van der Waals surface area contributed by atoms with E-state index in [1.807, 2.05) is 6.07 Å². The first-order valence-electron chi connectivity index (χ1n) is 6.85. The van der Waals surface area contributed by atoms with Gasteiger partial charge in [0.15, 0.2) is 11.6 Å². The van der Waals surface area contributed by atoms with Crippen molar-refractivity contribution in [2.24, 2.45) is 0 Å².